The van der Waals surface area contributed by atoms with Crippen LogP contribution in [-0.2, 0) is 11.2 Å². The fourth-order valence-corrected chi connectivity index (χ4v) is 3.95. The van der Waals surface area contributed by atoms with E-state index >= 15 is 0 Å². The molecule has 0 radical (unpaired) electrons. The number of carbonyl (C=O) groups is 1. The Morgan fingerprint density at radius 1 is 1.26 bits per heavy atom. The summed E-state index contributed by atoms with van der Waals surface area (Å²) in [7, 11) is 0. The van der Waals surface area contributed by atoms with Gasteiger partial charge in [-0.3, -0.25) is 4.79 Å². The maximum absolute atomic E-state index is 12.5. The number of nitrogens with zero attached hydrogens (tertiary/aromatic N) is 6. The molecule has 3 aromatic heterocycles. The molecule has 1 saturated heterocycles. The molecule has 1 aliphatic rings. The Bertz CT molecular complexity index is 848. The van der Waals surface area contributed by atoms with Crippen LogP contribution in [0.1, 0.15) is 17.7 Å². The van der Waals surface area contributed by atoms with Crippen molar-refractivity contribution < 1.29 is 4.79 Å². The second-order valence-electron chi connectivity index (χ2n) is 6.50. The number of carbonyl (C=O) groups excluding carboxylic acids is 1. The molecule has 1 amide bonds. The van der Waals surface area contributed by atoms with Crippen molar-refractivity contribution in [3.8, 4) is 5.82 Å². The summed E-state index contributed by atoms with van der Waals surface area (Å²) in [6.07, 6.45) is 5.80. The van der Waals surface area contributed by atoms with Gasteiger partial charge in [0.25, 0.3) is 0 Å². The van der Waals surface area contributed by atoms with Crippen LogP contribution in [0.2, 0.25) is 0 Å². The van der Waals surface area contributed by atoms with Gasteiger partial charge in [0.15, 0.2) is 11.6 Å². The summed E-state index contributed by atoms with van der Waals surface area (Å²) < 4.78 is 1.57. The summed E-state index contributed by atoms with van der Waals surface area (Å²) in [6.45, 7) is 2.24. The SMILES string of the molecule is O=C(NCCc1cccs1)[C@@H]1CCCN(c2ccc(-n3cncn3)nn2)C1. The molecule has 27 heavy (non-hydrogen) atoms. The van der Waals surface area contributed by atoms with Crippen LogP contribution in [0.5, 0.6) is 0 Å². The van der Waals surface area contributed by atoms with Crippen molar-refractivity contribution in [2.45, 2.75) is 19.3 Å². The van der Waals surface area contributed by atoms with Gasteiger partial charge in [0.05, 0.1) is 5.92 Å². The van der Waals surface area contributed by atoms with Crippen LogP contribution in [0, 0.1) is 5.92 Å². The van der Waals surface area contributed by atoms with E-state index in [0.29, 0.717) is 18.9 Å². The van der Waals surface area contributed by atoms with Gasteiger partial charge in [-0.15, -0.1) is 21.5 Å². The third kappa shape index (κ3) is 4.30. The molecule has 3 aromatic rings. The molecule has 8 nitrogen and oxygen atoms in total. The van der Waals surface area contributed by atoms with Gasteiger partial charge in [0.2, 0.25) is 5.91 Å². The second-order valence-corrected chi connectivity index (χ2v) is 7.53. The van der Waals surface area contributed by atoms with E-state index in [9.17, 15) is 4.79 Å². The number of nitrogens with one attached hydrogen (secondary N) is 1. The molecule has 0 bridgehead atoms. The summed E-state index contributed by atoms with van der Waals surface area (Å²) in [6, 6.07) is 7.92. The lowest BCUT2D eigenvalue weighted by Crippen LogP contribution is -2.43. The number of aromatic nitrogens is 5. The Hall–Kier alpha value is -2.81. The van der Waals surface area contributed by atoms with Gasteiger partial charge in [-0.2, -0.15) is 5.10 Å². The van der Waals surface area contributed by atoms with Crippen molar-refractivity contribution in [3.05, 3.63) is 47.2 Å². The van der Waals surface area contributed by atoms with Crippen molar-refractivity contribution in [1.29, 1.82) is 0 Å². The van der Waals surface area contributed by atoms with Crippen LogP contribution >= 0.6 is 11.3 Å². The summed E-state index contributed by atoms with van der Waals surface area (Å²) in [5, 5.41) is 17.7. The first-order valence-electron chi connectivity index (χ1n) is 9.03. The average molecular weight is 383 g/mol. The van der Waals surface area contributed by atoms with Gasteiger partial charge >= 0.3 is 0 Å². The third-order valence-corrected chi connectivity index (χ3v) is 5.59. The predicted molar refractivity (Wildman–Crippen MR) is 103 cm³/mol. The third-order valence-electron chi connectivity index (χ3n) is 4.66. The Labute approximate surface area is 161 Å². The molecule has 0 unspecified atom stereocenters. The van der Waals surface area contributed by atoms with E-state index in [0.717, 1.165) is 31.6 Å². The highest BCUT2D eigenvalue weighted by Crippen LogP contribution is 2.21. The van der Waals surface area contributed by atoms with Crippen LogP contribution < -0.4 is 10.2 Å². The Kier molecular flexibility index (Phi) is 5.38. The van der Waals surface area contributed by atoms with Gasteiger partial charge in [-0.25, -0.2) is 9.67 Å². The zero-order chi connectivity index (χ0) is 18.5. The van der Waals surface area contributed by atoms with Crippen molar-refractivity contribution in [3.63, 3.8) is 0 Å². The summed E-state index contributed by atoms with van der Waals surface area (Å²) >= 11 is 1.72. The van der Waals surface area contributed by atoms with Crippen molar-refractivity contribution in [2.24, 2.45) is 5.92 Å². The molecule has 0 aromatic carbocycles. The molecular weight excluding hydrogens is 362 g/mol. The van der Waals surface area contributed by atoms with Crippen LogP contribution in [0.25, 0.3) is 5.82 Å². The molecule has 0 aliphatic carbocycles. The van der Waals surface area contributed by atoms with Crippen LogP contribution in [0.15, 0.2) is 42.3 Å². The van der Waals surface area contributed by atoms with Crippen LogP contribution in [0.4, 0.5) is 5.82 Å². The molecule has 1 N–H and O–H groups in total. The maximum atomic E-state index is 12.5. The van der Waals surface area contributed by atoms with Crippen molar-refractivity contribution in [2.75, 3.05) is 24.5 Å². The first-order valence-corrected chi connectivity index (χ1v) is 9.91. The lowest BCUT2D eigenvalue weighted by atomic mass is 9.97. The van der Waals surface area contributed by atoms with Crippen LogP contribution in [-0.4, -0.2) is 50.5 Å². The van der Waals surface area contributed by atoms with Gasteiger partial charge in [-0.1, -0.05) is 6.07 Å². The summed E-state index contributed by atoms with van der Waals surface area (Å²) in [5.74, 6) is 1.52. The number of piperidine rings is 1. The van der Waals surface area contributed by atoms with E-state index in [4.69, 9.17) is 0 Å². The molecular formula is C18H21N7OS. The zero-order valence-corrected chi connectivity index (χ0v) is 15.7. The number of hydrogen-bond acceptors (Lipinski definition) is 7. The zero-order valence-electron chi connectivity index (χ0n) is 14.9. The maximum Gasteiger partial charge on any atom is 0.224 e. The standard InChI is InChI=1S/C18H21N7OS/c26-18(20-8-7-15-4-2-10-27-15)14-3-1-9-24(11-14)16-5-6-17(23-22-16)25-13-19-12-21-25/h2,4-6,10,12-14H,1,3,7-9,11H2,(H,20,26)/t14-/m1/s1. The molecule has 9 heteroatoms. The van der Waals surface area contributed by atoms with E-state index in [1.54, 1.807) is 22.3 Å². The Balaban J connectivity index is 1.32. The first-order chi connectivity index (χ1) is 13.3. The Morgan fingerprint density at radius 3 is 2.89 bits per heavy atom. The fraction of sp³-hybridized carbons (Fsp3) is 0.389. The highest BCUT2D eigenvalue weighted by atomic mass is 32.1. The molecule has 0 spiro atoms. The monoisotopic (exact) mass is 383 g/mol. The first kappa shape index (κ1) is 17.6. The largest absolute Gasteiger partial charge is 0.355 e. The van der Waals surface area contributed by atoms with Crippen molar-refractivity contribution in [1.82, 2.24) is 30.3 Å². The normalized spacial score (nSPS) is 17.0. The lowest BCUT2D eigenvalue weighted by Gasteiger charge is -2.32. The number of anilines is 1. The number of rotatable bonds is 6. The lowest BCUT2D eigenvalue weighted by molar-refractivity contribution is -0.125. The molecule has 1 aliphatic heterocycles. The molecule has 4 rings (SSSR count). The number of thiophene rings is 1. The highest BCUT2D eigenvalue weighted by Gasteiger charge is 2.26. The predicted octanol–water partition coefficient (Wildman–Crippen LogP) is 1.69. The minimum Gasteiger partial charge on any atom is -0.355 e. The second kappa shape index (κ2) is 8.26. The van der Waals surface area contributed by atoms with E-state index in [1.165, 1.54) is 11.2 Å². The summed E-state index contributed by atoms with van der Waals surface area (Å²) in [5.41, 5.74) is 0. The fourth-order valence-electron chi connectivity index (χ4n) is 3.24. The van der Waals surface area contributed by atoms with Gasteiger partial charge < -0.3 is 10.2 Å². The molecule has 4 heterocycles. The van der Waals surface area contributed by atoms with E-state index in [1.807, 2.05) is 18.2 Å². The molecule has 1 fully saturated rings. The smallest absolute Gasteiger partial charge is 0.224 e. The summed E-state index contributed by atoms with van der Waals surface area (Å²) in [4.78, 5) is 19.9. The molecule has 1 atom stereocenters. The van der Waals surface area contributed by atoms with Crippen LogP contribution in [0.3, 0.4) is 0 Å². The van der Waals surface area contributed by atoms with Crippen molar-refractivity contribution >= 4 is 23.1 Å². The highest BCUT2D eigenvalue weighted by molar-refractivity contribution is 7.09. The Morgan fingerprint density at radius 2 is 2.15 bits per heavy atom. The van der Waals surface area contributed by atoms with Gasteiger partial charge in [-0.05, 0) is 42.8 Å². The van der Waals surface area contributed by atoms with E-state index in [2.05, 4.69) is 41.9 Å². The van der Waals surface area contributed by atoms with Gasteiger partial charge in [0.1, 0.15) is 12.7 Å². The van der Waals surface area contributed by atoms with Gasteiger partial charge in [0, 0.05) is 24.5 Å². The number of hydrogen-bond donors (Lipinski definition) is 1. The minimum absolute atomic E-state index is 0.0149. The quantitative estimate of drug-likeness (QED) is 0.697. The van der Waals surface area contributed by atoms with E-state index in [-0.39, 0.29) is 11.8 Å². The number of amides is 1. The van der Waals surface area contributed by atoms with E-state index < -0.39 is 0 Å². The average Bonchev–Trinajstić information content (AvgIpc) is 3.42. The molecule has 140 valence electrons. The minimum atomic E-state index is -0.0149. The topological polar surface area (TPSA) is 88.8 Å². The molecule has 0 saturated carbocycles.